The van der Waals surface area contributed by atoms with E-state index in [0.29, 0.717) is 18.4 Å². The van der Waals surface area contributed by atoms with Gasteiger partial charge in [0.15, 0.2) is 0 Å². The fourth-order valence-corrected chi connectivity index (χ4v) is 0.848. The van der Waals surface area contributed by atoms with Crippen LogP contribution in [0.3, 0.4) is 0 Å². The molecule has 0 saturated carbocycles. The van der Waals surface area contributed by atoms with E-state index < -0.39 is 18.2 Å². The van der Waals surface area contributed by atoms with E-state index in [2.05, 4.69) is 4.74 Å². The summed E-state index contributed by atoms with van der Waals surface area (Å²) in [6, 6.07) is 0. The summed E-state index contributed by atoms with van der Waals surface area (Å²) in [4.78, 5) is 20.9. The van der Waals surface area contributed by atoms with E-state index in [1.165, 1.54) is 0 Å². The smallest absolute Gasteiger partial charge is 0.333 e. The Hall–Kier alpha value is -1.36. The number of hydrogen-bond donors (Lipinski definition) is 2. The summed E-state index contributed by atoms with van der Waals surface area (Å²) in [7, 11) is 0. The van der Waals surface area contributed by atoms with Crippen molar-refractivity contribution in [3.8, 4) is 0 Å². The van der Waals surface area contributed by atoms with E-state index in [4.69, 9.17) is 5.11 Å². The van der Waals surface area contributed by atoms with Gasteiger partial charge in [-0.15, -0.1) is 0 Å². The average Bonchev–Trinajstić information content (AvgIpc) is 2.11. The number of aliphatic hydroxyl groups excluding tert-OH is 1. The van der Waals surface area contributed by atoms with Crippen LogP contribution >= 0.6 is 0 Å². The summed E-state index contributed by atoms with van der Waals surface area (Å²) in [5.41, 5.74) is 0. The fraction of sp³-hybridized carbons (Fsp3) is 0.600. The maximum absolute atomic E-state index is 10.9. The molecule has 1 atom stereocenters. The van der Waals surface area contributed by atoms with Crippen molar-refractivity contribution in [3.63, 3.8) is 0 Å². The molecule has 1 unspecified atom stereocenters. The zero-order valence-electron chi connectivity index (χ0n) is 8.84. The van der Waals surface area contributed by atoms with Crippen LogP contribution in [0.25, 0.3) is 0 Å². The van der Waals surface area contributed by atoms with Crippen LogP contribution in [0, 0.1) is 5.92 Å². The second-order valence-corrected chi connectivity index (χ2v) is 3.53. The van der Waals surface area contributed by atoms with Crippen molar-refractivity contribution in [2.45, 2.75) is 33.0 Å². The largest absolute Gasteiger partial charge is 0.478 e. The summed E-state index contributed by atoms with van der Waals surface area (Å²) in [6.45, 7) is 3.97. The van der Waals surface area contributed by atoms with Crippen molar-refractivity contribution < 1.29 is 24.5 Å². The van der Waals surface area contributed by atoms with Crippen LogP contribution in [0.1, 0.15) is 26.7 Å². The minimum atomic E-state index is -1.23. The van der Waals surface area contributed by atoms with Gasteiger partial charge in [0, 0.05) is 18.6 Å². The number of rotatable bonds is 6. The number of ether oxygens (including phenoxy) is 1. The molecule has 0 aromatic heterocycles. The van der Waals surface area contributed by atoms with E-state index in [1.54, 1.807) is 0 Å². The SMILES string of the molecule is CC(C)CCC(O)OC(=O)/C=C/C(=O)O. The van der Waals surface area contributed by atoms with Crippen LogP contribution in [-0.4, -0.2) is 28.4 Å². The first-order chi connectivity index (χ1) is 6.91. The topological polar surface area (TPSA) is 83.8 Å². The predicted molar refractivity (Wildman–Crippen MR) is 52.9 cm³/mol. The Morgan fingerprint density at radius 1 is 1.27 bits per heavy atom. The first-order valence-corrected chi connectivity index (χ1v) is 4.71. The minimum absolute atomic E-state index is 0.352. The number of carboxylic acids is 1. The number of carbonyl (C=O) groups is 2. The molecule has 0 aromatic rings. The Morgan fingerprint density at radius 3 is 2.33 bits per heavy atom. The number of aliphatic carboxylic acids is 1. The number of carboxylic acid groups (broad SMARTS) is 1. The maximum atomic E-state index is 10.9. The van der Waals surface area contributed by atoms with Crippen molar-refractivity contribution >= 4 is 11.9 Å². The van der Waals surface area contributed by atoms with Gasteiger partial charge in [-0.1, -0.05) is 13.8 Å². The lowest BCUT2D eigenvalue weighted by atomic mass is 10.1. The second-order valence-electron chi connectivity index (χ2n) is 3.53. The van der Waals surface area contributed by atoms with Gasteiger partial charge in [-0.25, -0.2) is 9.59 Å². The van der Waals surface area contributed by atoms with Crippen LogP contribution in [0.4, 0.5) is 0 Å². The number of hydrogen-bond acceptors (Lipinski definition) is 4. The Balaban J connectivity index is 3.81. The number of aliphatic hydroxyl groups is 1. The molecular formula is C10H16O5. The quantitative estimate of drug-likeness (QED) is 0.392. The molecule has 0 aliphatic heterocycles. The Labute approximate surface area is 88.4 Å². The van der Waals surface area contributed by atoms with E-state index in [9.17, 15) is 14.7 Å². The molecule has 5 nitrogen and oxygen atoms in total. The molecule has 0 aliphatic carbocycles. The molecule has 0 saturated heterocycles. The van der Waals surface area contributed by atoms with Gasteiger partial charge < -0.3 is 14.9 Å². The lowest BCUT2D eigenvalue weighted by molar-refractivity contribution is -0.163. The van der Waals surface area contributed by atoms with Crippen molar-refractivity contribution in [1.82, 2.24) is 0 Å². The van der Waals surface area contributed by atoms with E-state index in [-0.39, 0.29) is 0 Å². The zero-order chi connectivity index (χ0) is 11.8. The third-order valence-electron chi connectivity index (χ3n) is 1.61. The number of esters is 1. The standard InChI is InChI=1S/C10H16O5/c1-7(2)3-5-9(13)15-10(14)6-4-8(11)12/h4,6-7,9,13H,3,5H2,1-2H3,(H,11,12)/b6-4+. The molecule has 0 rings (SSSR count). The molecule has 0 aliphatic rings. The van der Waals surface area contributed by atoms with Gasteiger partial charge in [0.05, 0.1) is 0 Å². The summed E-state index contributed by atoms with van der Waals surface area (Å²) >= 11 is 0. The first-order valence-electron chi connectivity index (χ1n) is 4.71. The Morgan fingerprint density at radius 2 is 1.87 bits per heavy atom. The third kappa shape index (κ3) is 8.96. The summed E-state index contributed by atoms with van der Waals surface area (Å²) < 4.78 is 4.52. The van der Waals surface area contributed by atoms with Gasteiger partial charge in [0.2, 0.25) is 6.29 Å². The van der Waals surface area contributed by atoms with Crippen LogP contribution in [-0.2, 0) is 14.3 Å². The van der Waals surface area contributed by atoms with E-state index >= 15 is 0 Å². The van der Waals surface area contributed by atoms with Gasteiger partial charge in [-0.3, -0.25) is 0 Å². The summed E-state index contributed by atoms with van der Waals surface area (Å²) in [6.07, 6.45) is 1.35. The summed E-state index contributed by atoms with van der Waals surface area (Å²) in [5.74, 6) is -1.68. The highest BCUT2D eigenvalue weighted by molar-refractivity contribution is 5.90. The van der Waals surface area contributed by atoms with Gasteiger partial charge in [0.25, 0.3) is 0 Å². The Kier molecular flexibility index (Phi) is 6.37. The van der Waals surface area contributed by atoms with Crippen molar-refractivity contribution in [2.24, 2.45) is 5.92 Å². The Bertz CT molecular complexity index is 244. The molecule has 0 amide bonds. The van der Waals surface area contributed by atoms with Gasteiger partial charge >= 0.3 is 11.9 Å². The lowest BCUT2D eigenvalue weighted by Crippen LogP contribution is -2.16. The first kappa shape index (κ1) is 13.6. The third-order valence-corrected chi connectivity index (χ3v) is 1.61. The molecule has 2 N–H and O–H groups in total. The van der Waals surface area contributed by atoms with Crippen LogP contribution in [0.2, 0.25) is 0 Å². The normalized spacial score (nSPS) is 13.1. The van der Waals surface area contributed by atoms with Crippen molar-refractivity contribution in [1.29, 1.82) is 0 Å². The molecule has 0 fully saturated rings. The molecule has 0 bridgehead atoms. The maximum Gasteiger partial charge on any atom is 0.333 e. The van der Waals surface area contributed by atoms with Crippen molar-refractivity contribution in [2.75, 3.05) is 0 Å². The average molecular weight is 216 g/mol. The van der Waals surface area contributed by atoms with Crippen LogP contribution in [0.5, 0.6) is 0 Å². The molecule has 0 spiro atoms. The molecular weight excluding hydrogens is 200 g/mol. The zero-order valence-corrected chi connectivity index (χ0v) is 8.84. The fourth-order valence-electron chi connectivity index (χ4n) is 0.848. The summed E-state index contributed by atoms with van der Waals surface area (Å²) in [5, 5.41) is 17.4. The van der Waals surface area contributed by atoms with Crippen LogP contribution < -0.4 is 0 Å². The highest BCUT2D eigenvalue weighted by atomic mass is 16.6. The van der Waals surface area contributed by atoms with E-state index in [0.717, 1.165) is 12.5 Å². The van der Waals surface area contributed by atoms with E-state index in [1.807, 2.05) is 13.8 Å². The highest BCUT2D eigenvalue weighted by Crippen LogP contribution is 2.07. The molecule has 0 radical (unpaired) electrons. The van der Waals surface area contributed by atoms with Gasteiger partial charge in [-0.2, -0.15) is 0 Å². The van der Waals surface area contributed by atoms with Crippen molar-refractivity contribution in [3.05, 3.63) is 12.2 Å². The van der Waals surface area contributed by atoms with Crippen LogP contribution in [0.15, 0.2) is 12.2 Å². The van der Waals surface area contributed by atoms with Gasteiger partial charge in [0.1, 0.15) is 0 Å². The highest BCUT2D eigenvalue weighted by Gasteiger charge is 2.09. The molecule has 0 aromatic carbocycles. The molecule has 5 heteroatoms. The predicted octanol–water partition coefficient (Wildman–Crippen LogP) is 0.925. The monoisotopic (exact) mass is 216 g/mol. The molecule has 0 heterocycles. The van der Waals surface area contributed by atoms with Gasteiger partial charge in [-0.05, 0) is 12.3 Å². The second kappa shape index (κ2) is 7.00. The lowest BCUT2D eigenvalue weighted by Gasteiger charge is -2.11. The number of carbonyl (C=O) groups excluding carboxylic acids is 1. The minimum Gasteiger partial charge on any atom is -0.478 e. The molecule has 15 heavy (non-hydrogen) atoms. The molecule has 86 valence electrons.